The quantitative estimate of drug-likeness (QED) is 0.722. The van der Waals surface area contributed by atoms with E-state index in [-0.39, 0.29) is 0 Å². The molecule has 0 spiro atoms. The fraction of sp³-hybridized carbons (Fsp3) is 0.100. The number of carbonyl (C=O) groups is 1. The Balaban J connectivity index is 2.97. The molecule has 0 bridgehead atoms. The van der Waals surface area contributed by atoms with E-state index in [0.717, 1.165) is 11.1 Å². The lowest BCUT2D eigenvalue weighted by molar-refractivity contribution is -0.114. The molecule has 0 atom stereocenters. The molecule has 1 aromatic rings. The van der Waals surface area contributed by atoms with Gasteiger partial charge in [-0.3, -0.25) is 4.79 Å². The minimum absolute atomic E-state index is 0.482. The third kappa shape index (κ3) is 2.31. The van der Waals surface area contributed by atoms with Crippen LogP contribution in [0.3, 0.4) is 0 Å². The highest BCUT2D eigenvalue weighted by atomic mass is 16.1. The first-order chi connectivity index (χ1) is 6.13. The molecular formula is C10H9N2O. The van der Waals surface area contributed by atoms with Gasteiger partial charge in [-0.2, -0.15) is 5.26 Å². The summed E-state index contributed by atoms with van der Waals surface area (Å²) in [5, 5.41) is 8.64. The minimum Gasteiger partial charge on any atom is -0.369 e. The number of nitrogens with zero attached hydrogens (tertiary/aromatic N) is 1. The van der Waals surface area contributed by atoms with Crippen molar-refractivity contribution in [2.24, 2.45) is 5.73 Å². The molecule has 13 heavy (non-hydrogen) atoms. The molecule has 1 amide bonds. The summed E-state index contributed by atoms with van der Waals surface area (Å²) in [5.74, 6) is -0.482. The molecule has 0 aliphatic heterocycles. The highest BCUT2D eigenvalue weighted by Gasteiger charge is 2.01. The van der Waals surface area contributed by atoms with E-state index in [1.165, 1.54) is 6.42 Å². The molecule has 2 N–H and O–H groups in total. The molecule has 0 fully saturated rings. The Hall–Kier alpha value is -1.82. The number of aryl methyl sites for hydroxylation is 1. The Morgan fingerprint density at radius 3 is 2.77 bits per heavy atom. The summed E-state index contributed by atoms with van der Waals surface area (Å²) in [6.07, 6.45) is 1.33. The van der Waals surface area contributed by atoms with Crippen molar-refractivity contribution in [1.29, 1.82) is 5.26 Å². The second-order valence-corrected chi connectivity index (χ2v) is 2.73. The fourth-order valence-electron chi connectivity index (χ4n) is 1.07. The SMILES string of the molecule is Cc1cc([CH]C(N)=O)ccc1C#N. The molecule has 0 aliphatic rings. The van der Waals surface area contributed by atoms with Gasteiger partial charge >= 0.3 is 0 Å². The summed E-state index contributed by atoms with van der Waals surface area (Å²) < 4.78 is 0. The van der Waals surface area contributed by atoms with Gasteiger partial charge in [0.2, 0.25) is 5.91 Å². The first-order valence-electron chi connectivity index (χ1n) is 3.78. The number of hydrogen-bond acceptors (Lipinski definition) is 2. The Labute approximate surface area is 76.8 Å². The van der Waals surface area contributed by atoms with E-state index in [1.807, 2.05) is 13.0 Å². The van der Waals surface area contributed by atoms with Crippen LogP contribution in [0.5, 0.6) is 0 Å². The van der Waals surface area contributed by atoms with E-state index < -0.39 is 5.91 Å². The van der Waals surface area contributed by atoms with E-state index >= 15 is 0 Å². The summed E-state index contributed by atoms with van der Waals surface area (Å²) >= 11 is 0. The number of nitriles is 1. The topological polar surface area (TPSA) is 66.9 Å². The Kier molecular flexibility index (Phi) is 2.65. The van der Waals surface area contributed by atoms with Crippen molar-refractivity contribution in [3.05, 3.63) is 41.3 Å². The first-order valence-corrected chi connectivity index (χ1v) is 3.78. The number of carbonyl (C=O) groups excluding carboxylic acids is 1. The zero-order chi connectivity index (χ0) is 9.84. The van der Waals surface area contributed by atoms with Gasteiger partial charge in [-0.05, 0) is 24.1 Å². The van der Waals surface area contributed by atoms with Crippen LogP contribution in [0, 0.1) is 24.7 Å². The average molecular weight is 173 g/mol. The molecule has 65 valence electrons. The summed E-state index contributed by atoms with van der Waals surface area (Å²) in [7, 11) is 0. The van der Waals surface area contributed by atoms with Crippen molar-refractivity contribution in [2.45, 2.75) is 6.92 Å². The van der Waals surface area contributed by atoms with E-state index in [4.69, 9.17) is 11.0 Å². The molecule has 0 unspecified atom stereocenters. The van der Waals surface area contributed by atoms with Crippen LogP contribution in [-0.2, 0) is 4.79 Å². The van der Waals surface area contributed by atoms with E-state index in [9.17, 15) is 4.79 Å². The van der Waals surface area contributed by atoms with Crippen molar-refractivity contribution in [3.8, 4) is 6.07 Å². The first kappa shape index (κ1) is 9.27. The Morgan fingerprint density at radius 1 is 1.62 bits per heavy atom. The smallest absolute Gasteiger partial charge is 0.226 e. The van der Waals surface area contributed by atoms with Crippen molar-refractivity contribution in [1.82, 2.24) is 0 Å². The monoisotopic (exact) mass is 173 g/mol. The summed E-state index contributed by atoms with van der Waals surface area (Å²) in [6, 6.07) is 7.16. The van der Waals surface area contributed by atoms with E-state index in [0.29, 0.717) is 5.56 Å². The summed E-state index contributed by atoms with van der Waals surface area (Å²) in [4.78, 5) is 10.5. The van der Waals surface area contributed by atoms with Crippen molar-refractivity contribution in [3.63, 3.8) is 0 Å². The van der Waals surface area contributed by atoms with Gasteiger partial charge in [0.1, 0.15) is 0 Å². The van der Waals surface area contributed by atoms with Crippen molar-refractivity contribution >= 4 is 5.91 Å². The number of benzene rings is 1. The van der Waals surface area contributed by atoms with Gasteiger partial charge in [-0.25, -0.2) is 0 Å². The van der Waals surface area contributed by atoms with Crippen LogP contribution in [0.1, 0.15) is 16.7 Å². The number of amides is 1. The lowest BCUT2D eigenvalue weighted by atomic mass is 10.0. The van der Waals surface area contributed by atoms with Crippen LogP contribution in [0.4, 0.5) is 0 Å². The third-order valence-corrected chi connectivity index (χ3v) is 1.68. The van der Waals surface area contributed by atoms with Crippen molar-refractivity contribution < 1.29 is 4.79 Å². The zero-order valence-electron chi connectivity index (χ0n) is 7.24. The van der Waals surface area contributed by atoms with Crippen LogP contribution in [-0.4, -0.2) is 5.91 Å². The number of hydrogen-bond donors (Lipinski definition) is 1. The molecule has 0 saturated heterocycles. The minimum atomic E-state index is -0.482. The van der Waals surface area contributed by atoms with E-state index in [2.05, 4.69) is 0 Å². The normalized spacial score (nSPS) is 9.23. The van der Waals surface area contributed by atoms with Gasteiger partial charge in [-0.1, -0.05) is 12.1 Å². The highest BCUT2D eigenvalue weighted by molar-refractivity contribution is 5.86. The standard InChI is InChI=1S/C10H9N2O/c1-7-4-8(5-10(12)13)2-3-9(7)6-11/h2-5H,1H3,(H2,12,13). The Bertz CT molecular complexity index is 377. The van der Waals surface area contributed by atoms with Gasteiger partial charge in [0, 0.05) is 0 Å². The van der Waals surface area contributed by atoms with Crippen LogP contribution >= 0.6 is 0 Å². The Morgan fingerprint density at radius 2 is 2.31 bits per heavy atom. The molecule has 1 aromatic carbocycles. The van der Waals surface area contributed by atoms with Crippen LogP contribution in [0.2, 0.25) is 0 Å². The zero-order valence-corrected chi connectivity index (χ0v) is 7.24. The molecule has 3 heteroatoms. The lowest BCUT2D eigenvalue weighted by Crippen LogP contribution is -2.11. The fourth-order valence-corrected chi connectivity index (χ4v) is 1.07. The molecule has 0 aromatic heterocycles. The molecule has 1 rings (SSSR count). The van der Waals surface area contributed by atoms with Crippen molar-refractivity contribution in [2.75, 3.05) is 0 Å². The molecule has 0 aliphatic carbocycles. The molecule has 1 radical (unpaired) electrons. The maximum Gasteiger partial charge on any atom is 0.226 e. The summed E-state index contributed by atoms with van der Waals surface area (Å²) in [6.45, 7) is 1.82. The third-order valence-electron chi connectivity index (χ3n) is 1.68. The maximum atomic E-state index is 10.5. The van der Waals surface area contributed by atoms with Gasteiger partial charge in [-0.15, -0.1) is 0 Å². The van der Waals surface area contributed by atoms with E-state index in [1.54, 1.807) is 18.2 Å². The number of primary amides is 1. The predicted octanol–water partition coefficient (Wildman–Crippen LogP) is 0.904. The second-order valence-electron chi connectivity index (χ2n) is 2.73. The largest absolute Gasteiger partial charge is 0.369 e. The van der Waals surface area contributed by atoms with Gasteiger partial charge < -0.3 is 5.73 Å². The highest BCUT2D eigenvalue weighted by Crippen LogP contribution is 2.11. The van der Waals surface area contributed by atoms with Crippen LogP contribution in [0.15, 0.2) is 18.2 Å². The molecule has 0 saturated carbocycles. The van der Waals surface area contributed by atoms with Gasteiger partial charge in [0.05, 0.1) is 18.1 Å². The molecule has 0 heterocycles. The predicted molar refractivity (Wildman–Crippen MR) is 48.5 cm³/mol. The molecule has 3 nitrogen and oxygen atoms in total. The van der Waals surface area contributed by atoms with Crippen LogP contribution < -0.4 is 5.73 Å². The number of rotatable bonds is 2. The average Bonchev–Trinajstić information content (AvgIpc) is 2.03. The maximum absolute atomic E-state index is 10.5. The summed E-state index contributed by atoms with van der Waals surface area (Å²) in [5.41, 5.74) is 7.17. The van der Waals surface area contributed by atoms with Gasteiger partial charge in [0.15, 0.2) is 0 Å². The van der Waals surface area contributed by atoms with Gasteiger partial charge in [0.25, 0.3) is 0 Å². The molecular weight excluding hydrogens is 164 g/mol. The lowest BCUT2D eigenvalue weighted by Gasteiger charge is -2.00. The van der Waals surface area contributed by atoms with Crippen LogP contribution in [0.25, 0.3) is 0 Å². The second kappa shape index (κ2) is 3.72. The number of nitrogens with two attached hydrogens (primary N) is 1.